The summed E-state index contributed by atoms with van der Waals surface area (Å²) in [6.45, 7) is 3.58. The van der Waals surface area contributed by atoms with Crippen molar-refractivity contribution in [2.45, 2.75) is 26.7 Å². The second-order valence-electron chi connectivity index (χ2n) is 2.22. The number of carboxylic acid groups (broad SMARTS) is 1. The Labute approximate surface area is 70.8 Å². The standard InChI is InChI=1S/C8H12O4/c1-3-5-6(4-2)7(9)12-8(10)11/h4H,3,5H2,1-2H3,(H,10,11). The number of allylic oxidation sites excluding steroid dienone is 1. The van der Waals surface area contributed by atoms with E-state index in [9.17, 15) is 9.59 Å². The summed E-state index contributed by atoms with van der Waals surface area (Å²) in [5, 5.41) is 8.13. The van der Waals surface area contributed by atoms with Gasteiger partial charge < -0.3 is 9.84 Å². The molecule has 4 heteroatoms. The van der Waals surface area contributed by atoms with Crippen LogP contribution in [0.1, 0.15) is 26.7 Å². The molecule has 0 aromatic rings. The van der Waals surface area contributed by atoms with Crippen LogP contribution in [0.15, 0.2) is 11.6 Å². The Morgan fingerprint density at radius 1 is 1.50 bits per heavy atom. The first-order valence-electron chi connectivity index (χ1n) is 3.72. The molecule has 0 radical (unpaired) electrons. The molecule has 0 saturated heterocycles. The van der Waals surface area contributed by atoms with Gasteiger partial charge in [-0.25, -0.2) is 9.59 Å². The van der Waals surface area contributed by atoms with E-state index in [1.165, 1.54) is 0 Å². The van der Waals surface area contributed by atoms with Gasteiger partial charge in [-0.15, -0.1) is 0 Å². The molecule has 0 heterocycles. The molecule has 0 spiro atoms. The number of carbonyl (C=O) groups is 2. The third-order valence-electron chi connectivity index (χ3n) is 1.31. The lowest BCUT2D eigenvalue weighted by Crippen LogP contribution is -2.12. The molecule has 0 saturated carbocycles. The van der Waals surface area contributed by atoms with Gasteiger partial charge in [0.25, 0.3) is 0 Å². The third-order valence-corrected chi connectivity index (χ3v) is 1.31. The Balaban J connectivity index is 4.14. The Bertz CT molecular complexity index is 205. The van der Waals surface area contributed by atoms with Crippen molar-refractivity contribution in [1.29, 1.82) is 0 Å². The van der Waals surface area contributed by atoms with Crippen molar-refractivity contribution in [3.63, 3.8) is 0 Å². The van der Waals surface area contributed by atoms with Crippen LogP contribution in [0.4, 0.5) is 4.79 Å². The van der Waals surface area contributed by atoms with Crippen LogP contribution >= 0.6 is 0 Å². The first kappa shape index (κ1) is 10.7. The van der Waals surface area contributed by atoms with Gasteiger partial charge in [0.15, 0.2) is 0 Å². The minimum atomic E-state index is -1.56. The largest absolute Gasteiger partial charge is 0.513 e. The smallest absolute Gasteiger partial charge is 0.449 e. The van der Waals surface area contributed by atoms with Crippen molar-refractivity contribution in [3.05, 3.63) is 11.6 Å². The zero-order valence-corrected chi connectivity index (χ0v) is 7.16. The highest BCUT2D eigenvalue weighted by atomic mass is 16.7. The number of esters is 1. The molecule has 4 nitrogen and oxygen atoms in total. The maximum absolute atomic E-state index is 10.9. The molecule has 0 bridgehead atoms. The van der Waals surface area contributed by atoms with Crippen LogP contribution < -0.4 is 0 Å². The van der Waals surface area contributed by atoms with E-state index in [0.29, 0.717) is 12.0 Å². The average molecular weight is 172 g/mol. The quantitative estimate of drug-likeness (QED) is 0.401. The van der Waals surface area contributed by atoms with Crippen LogP contribution in [0, 0.1) is 0 Å². The van der Waals surface area contributed by atoms with Crippen molar-refractivity contribution >= 4 is 12.1 Å². The van der Waals surface area contributed by atoms with Crippen LogP contribution in [0.3, 0.4) is 0 Å². The number of carbonyl (C=O) groups excluding carboxylic acids is 1. The van der Waals surface area contributed by atoms with E-state index in [-0.39, 0.29) is 0 Å². The molecule has 0 aliphatic rings. The zero-order valence-electron chi connectivity index (χ0n) is 7.16. The Kier molecular flexibility index (Phi) is 4.76. The summed E-state index contributed by atoms with van der Waals surface area (Å²) < 4.78 is 3.97. The van der Waals surface area contributed by atoms with Crippen molar-refractivity contribution in [1.82, 2.24) is 0 Å². The van der Waals surface area contributed by atoms with Gasteiger partial charge >= 0.3 is 12.1 Å². The minimum Gasteiger partial charge on any atom is -0.449 e. The van der Waals surface area contributed by atoms with Gasteiger partial charge in [-0.3, -0.25) is 0 Å². The fourth-order valence-corrected chi connectivity index (χ4v) is 0.778. The molecule has 68 valence electrons. The molecule has 0 unspecified atom stereocenters. The highest BCUT2D eigenvalue weighted by Gasteiger charge is 2.12. The zero-order chi connectivity index (χ0) is 9.56. The Morgan fingerprint density at radius 2 is 2.08 bits per heavy atom. The van der Waals surface area contributed by atoms with E-state index in [2.05, 4.69) is 4.74 Å². The van der Waals surface area contributed by atoms with Gasteiger partial charge in [-0.1, -0.05) is 19.4 Å². The van der Waals surface area contributed by atoms with E-state index in [0.717, 1.165) is 6.42 Å². The summed E-state index contributed by atoms with van der Waals surface area (Å²) in [5.41, 5.74) is 0.403. The fourth-order valence-electron chi connectivity index (χ4n) is 0.778. The minimum absolute atomic E-state index is 0.403. The van der Waals surface area contributed by atoms with Gasteiger partial charge in [0.05, 0.1) is 0 Å². The molecule has 12 heavy (non-hydrogen) atoms. The van der Waals surface area contributed by atoms with E-state index in [1.807, 2.05) is 6.92 Å². The van der Waals surface area contributed by atoms with E-state index in [1.54, 1.807) is 13.0 Å². The maximum atomic E-state index is 10.9. The van der Waals surface area contributed by atoms with Crippen LogP contribution in [0.5, 0.6) is 0 Å². The normalized spacial score (nSPS) is 11.0. The van der Waals surface area contributed by atoms with Crippen molar-refractivity contribution in [2.75, 3.05) is 0 Å². The van der Waals surface area contributed by atoms with Crippen LogP contribution in [-0.4, -0.2) is 17.2 Å². The second-order valence-corrected chi connectivity index (χ2v) is 2.22. The van der Waals surface area contributed by atoms with Crippen LogP contribution in [-0.2, 0) is 9.53 Å². The second kappa shape index (κ2) is 5.35. The average Bonchev–Trinajstić information content (AvgIpc) is 1.98. The van der Waals surface area contributed by atoms with Crippen LogP contribution in [0.25, 0.3) is 0 Å². The lowest BCUT2D eigenvalue weighted by atomic mass is 10.1. The summed E-state index contributed by atoms with van der Waals surface area (Å²) in [6, 6.07) is 0. The monoisotopic (exact) mass is 172 g/mol. The molecular weight excluding hydrogens is 160 g/mol. The van der Waals surface area contributed by atoms with E-state index >= 15 is 0 Å². The van der Waals surface area contributed by atoms with Gasteiger partial charge in [0, 0.05) is 5.57 Å². The SMILES string of the molecule is CC=C(CCC)C(=O)OC(=O)O. The Morgan fingerprint density at radius 3 is 2.42 bits per heavy atom. The molecule has 0 aromatic heterocycles. The number of ether oxygens (including phenoxy) is 1. The number of hydrogen-bond acceptors (Lipinski definition) is 3. The molecule has 0 aromatic carbocycles. The maximum Gasteiger partial charge on any atom is 0.513 e. The molecule has 0 rings (SSSR count). The summed E-state index contributed by atoms with van der Waals surface area (Å²) in [7, 11) is 0. The molecule has 0 atom stereocenters. The lowest BCUT2D eigenvalue weighted by molar-refractivity contribution is -0.134. The fraction of sp³-hybridized carbons (Fsp3) is 0.500. The molecule has 0 aliphatic carbocycles. The Hall–Kier alpha value is -1.32. The lowest BCUT2D eigenvalue weighted by Gasteiger charge is -2.01. The number of rotatable bonds is 3. The summed E-state index contributed by atoms with van der Waals surface area (Å²) in [4.78, 5) is 20.9. The van der Waals surface area contributed by atoms with E-state index < -0.39 is 12.1 Å². The molecular formula is C8H12O4. The topological polar surface area (TPSA) is 63.6 Å². The molecule has 0 amide bonds. The number of hydrogen-bond donors (Lipinski definition) is 1. The molecule has 0 fully saturated rings. The summed E-state index contributed by atoms with van der Waals surface area (Å²) >= 11 is 0. The highest BCUT2D eigenvalue weighted by molar-refractivity contribution is 5.94. The van der Waals surface area contributed by atoms with Crippen molar-refractivity contribution in [3.8, 4) is 0 Å². The summed E-state index contributed by atoms with van der Waals surface area (Å²) in [5.74, 6) is -0.771. The predicted molar refractivity (Wildman–Crippen MR) is 42.8 cm³/mol. The van der Waals surface area contributed by atoms with Gasteiger partial charge in [0.1, 0.15) is 0 Å². The van der Waals surface area contributed by atoms with Gasteiger partial charge in [0.2, 0.25) is 0 Å². The third kappa shape index (κ3) is 3.75. The van der Waals surface area contributed by atoms with Crippen molar-refractivity contribution < 1.29 is 19.4 Å². The summed E-state index contributed by atoms with van der Waals surface area (Å²) in [6.07, 6.45) is 1.33. The predicted octanol–water partition coefficient (Wildman–Crippen LogP) is 1.95. The first-order valence-corrected chi connectivity index (χ1v) is 3.72. The van der Waals surface area contributed by atoms with Crippen LogP contribution in [0.2, 0.25) is 0 Å². The molecule has 1 N–H and O–H groups in total. The highest BCUT2D eigenvalue weighted by Crippen LogP contribution is 2.06. The van der Waals surface area contributed by atoms with Gasteiger partial charge in [-0.2, -0.15) is 0 Å². The molecule has 0 aliphatic heterocycles. The van der Waals surface area contributed by atoms with Gasteiger partial charge in [-0.05, 0) is 13.3 Å². The van der Waals surface area contributed by atoms with Crippen molar-refractivity contribution in [2.24, 2.45) is 0 Å². The van der Waals surface area contributed by atoms with E-state index in [4.69, 9.17) is 5.11 Å². The first-order chi connectivity index (χ1) is 5.61.